The van der Waals surface area contributed by atoms with E-state index in [4.69, 9.17) is 4.74 Å². The molecule has 7 heteroatoms. The number of nitrogens with zero attached hydrogens (tertiary/aromatic N) is 2. The van der Waals surface area contributed by atoms with Crippen LogP contribution in [0.3, 0.4) is 0 Å². The van der Waals surface area contributed by atoms with Crippen LogP contribution >= 0.6 is 11.3 Å². The predicted octanol–water partition coefficient (Wildman–Crippen LogP) is 5.77. The fourth-order valence-corrected chi connectivity index (χ4v) is 4.56. The molecule has 0 aliphatic rings. The summed E-state index contributed by atoms with van der Waals surface area (Å²) in [5.41, 5.74) is 6.15. The highest BCUT2D eigenvalue weighted by atomic mass is 32.1. The third kappa shape index (κ3) is 6.14. The van der Waals surface area contributed by atoms with Gasteiger partial charge in [-0.3, -0.25) is 19.3 Å². The van der Waals surface area contributed by atoms with Gasteiger partial charge in [-0.05, 0) is 38.8 Å². The number of benzene rings is 2. The van der Waals surface area contributed by atoms with Crippen LogP contribution in [0.25, 0.3) is 0 Å². The van der Waals surface area contributed by atoms with Crippen molar-refractivity contribution in [1.29, 1.82) is 0 Å². The number of amides is 1. The monoisotopic (exact) mass is 464 g/mol. The largest absolute Gasteiger partial charge is 0.459 e. The maximum Gasteiger partial charge on any atom is 0.306 e. The number of anilines is 2. The van der Waals surface area contributed by atoms with Crippen LogP contribution in [-0.2, 0) is 20.9 Å². The molecule has 0 bridgehead atoms. The SMILES string of the molecule is CC(=O)N(c1nc(COC(=O)CCC(=O)c2ccc(C)cc2)cs1)c1c(C)cc(C)cc1C. The Bertz CT molecular complexity index is 1160. The van der Waals surface area contributed by atoms with E-state index in [1.807, 2.05) is 52.0 Å². The molecule has 0 atom stereocenters. The molecule has 0 saturated heterocycles. The summed E-state index contributed by atoms with van der Waals surface area (Å²) in [6, 6.07) is 11.3. The van der Waals surface area contributed by atoms with Crippen molar-refractivity contribution >= 4 is 39.8 Å². The highest BCUT2D eigenvalue weighted by Crippen LogP contribution is 2.34. The number of Topliss-reactive ketones (excluding diaryl/α,β-unsaturated/α-hetero) is 1. The minimum Gasteiger partial charge on any atom is -0.459 e. The molecule has 0 spiro atoms. The molecule has 0 saturated carbocycles. The Kier molecular flexibility index (Phi) is 7.76. The first-order valence-electron chi connectivity index (χ1n) is 10.7. The van der Waals surface area contributed by atoms with Crippen LogP contribution in [0, 0.1) is 27.7 Å². The van der Waals surface area contributed by atoms with E-state index in [0.717, 1.165) is 27.9 Å². The Morgan fingerprint density at radius 3 is 2.18 bits per heavy atom. The van der Waals surface area contributed by atoms with Gasteiger partial charge in [0, 0.05) is 24.3 Å². The van der Waals surface area contributed by atoms with Crippen molar-refractivity contribution < 1.29 is 19.1 Å². The Hall–Kier alpha value is -3.32. The standard InChI is InChI=1S/C26H28N2O4S/c1-16-6-8-21(9-7-16)23(30)10-11-24(31)32-14-22-15-33-26(27-22)28(20(5)29)25-18(3)12-17(2)13-19(25)4/h6-9,12-13,15H,10-11,14H2,1-5H3. The van der Waals surface area contributed by atoms with Gasteiger partial charge in [0.25, 0.3) is 0 Å². The summed E-state index contributed by atoms with van der Waals surface area (Å²) in [4.78, 5) is 42.9. The van der Waals surface area contributed by atoms with E-state index >= 15 is 0 Å². The molecule has 6 nitrogen and oxygen atoms in total. The van der Waals surface area contributed by atoms with Crippen LogP contribution in [0.2, 0.25) is 0 Å². The second-order valence-corrected chi connectivity index (χ2v) is 9.01. The van der Waals surface area contributed by atoms with E-state index in [1.165, 1.54) is 18.3 Å². The van der Waals surface area contributed by atoms with Crippen molar-refractivity contribution in [3.63, 3.8) is 0 Å². The summed E-state index contributed by atoms with van der Waals surface area (Å²) in [7, 11) is 0. The van der Waals surface area contributed by atoms with Gasteiger partial charge < -0.3 is 4.74 Å². The van der Waals surface area contributed by atoms with Gasteiger partial charge in [-0.25, -0.2) is 4.98 Å². The lowest BCUT2D eigenvalue weighted by atomic mass is 10.0. The number of aromatic nitrogens is 1. The minimum atomic E-state index is -0.460. The molecule has 0 aliphatic carbocycles. The molecule has 0 unspecified atom stereocenters. The highest BCUT2D eigenvalue weighted by Gasteiger charge is 2.22. The van der Waals surface area contributed by atoms with E-state index in [9.17, 15) is 14.4 Å². The molecule has 0 radical (unpaired) electrons. The van der Waals surface area contributed by atoms with Gasteiger partial charge >= 0.3 is 5.97 Å². The first-order chi connectivity index (χ1) is 15.7. The average Bonchev–Trinajstić information content (AvgIpc) is 3.21. The van der Waals surface area contributed by atoms with Crippen molar-refractivity contribution in [2.75, 3.05) is 4.90 Å². The Balaban J connectivity index is 1.61. The number of esters is 1. The number of hydrogen-bond acceptors (Lipinski definition) is 6. The number of ether oxygens (including phenoxy) is 1. The summed E-state index contributed by atoms with van der Waals surface area (Å²) in [6.45, 7) is 9.41. The van der Waals surface area contributed by atoms with Gasteiger partial charge in [-0.15, -0.1) is 11.3 Å². The summed E-state index contributed by atoms with van der Waals surface area (Å²) in [5.74, 6) is -0.694. The zero-order valence-corrected chi connectivity index (χ0v) is 20.4. The number of hydrogen-bond donors (Lipinski definition) is 0. The van der Waals surface area contributed by atoms with E-state index in [0.29, 0.717) is 16.4 Å². The summed E-state index contributed by atoms with van der Waals surface area (Å²) < 4.78 is 5.31. The topological polar surface area (TPSA) is 76.6 Å². The van der Waals surface area contributed by atoms with Gasteiger partial charge in [0.05, 0.1) is 17.8 Å². The maximum atomic E-state index is 12.5. The minimum absolute atomic E-state index is 0.00499. The number of thiazole rings is 1. The zero-order valence-electron chi connectivity index (χ0n) is 19.6. The van der Waals surface area contributed by atoms with Crippen LogP contribution in [0.5, 0.6) is 0 Å². The molecule has 0 fully saturated rings. The molecule has 172 valence electrons. The maximum absolute atomic E-state index is 12.5. The molecule has 33 heavy (non-hydrogen) atoms. The predicted molar refractivity (Wildman–Crippen MR) is 130 cm³/mol. The number of aryl methyl sites for hydroxylation is 4. The van der Waals surface area contributed by atoms with Gasteiger partial charge in [0.1, 0.15) is 6.61 Å². The van der Waals surface area contributed by atoms with Crippen LogP contribution in [0.1, 0.15) is 58.1 Å². The van der Waals surface area contributed by atoms with Crippen molar-refractivity contribution in [3.05, 3.63) is 75.3 Å². The fraction of sp³-hybridized carbons (Fsp3) is 0.308. The number of carbonyl (C=O) groups excluding carboxylic acids is 3. The Morgan fingerprint density at radius 2 is 1.58 bits per heavy atom. The normalized spacial score (nSPS) is 10.7. The summed E-state index contributed by atoms with van der Waals surface area (Å²) in [5, 5.41) is 2.30. The smallest absolute Gasteiger partial charge is 0.306 e. The number of rotatable bonds is 8. The van der Waals surface area contributed by atoms with Gasteiger partial charge in [-0.2, -0.15) is 0 Å². The summed E-state index contributed by atoms with van der Waals surface area (Å²) >= 11 is 1.32. The molecule has 2 aromatic carbocycles. The van der Waals surface area contributed by atoms with E-state index in [2.05, 4.69) is 4.98 Å². The van der Waals surface area contributed by atoms with Crippen molar-refractivity contribution in [2.24, 2.45) is 0 Å². The lowest BCUT2D eigenvalue weighted by Gasteiger charge is -2.23. The summed E-state index contributed by atoms with van der Waals surface area (Å²) in [6.07, 6.45) is 0.0966. The third-order valence-electron chi connectivity index (χ3n) is 5.22. The van der Waals surface area contributed by atoms with Crippen molar-refractivity contribution in [2.45, 2.75) is 54.1 Å². The van der Waals surface area contributed by atoms with Gasteiger partial charge in [0.2, 0.25) is 5.91 Å². The zero-order chi connectivity index (χ0) is 24.1. The Morgan fingerprint density at radius 1 is 0.939 bits per heavy atom. The van der Waals surface area contributed by atoms with E-state index < -0.39 is 5.97 Å². The van der Waals surface area contributed by atoms with Crippen LogP contribution in [0.15, 0.2) is 41.8 Å². The molecule has 0 N–H and O–H groups in total. The van der Waals surface area contributed by atoms with Crippen LogP contribution in [-0.4, -0.2) is 22.6 Å². The second kappa shape index (κ2) is 10.5. The second-order valence-electron chi connectivity index (χ2n) is 8.17. The van der Waals surface area contributed by atoms with E-state index in [1.54, 1.807) is 22.4 Å². The first-order valence-corrected chi connectivity index (χ1v) is 11.6. The molecule has 3 rings (SSSR count). The van der Waals surface area contributed by atoms with Crippen LogP contribution < -0.4 is 4.90 Å². The first kappa shape index (κ1) is 24.3. The molecule has 3 aromatic rings. The molecule has 1 aromatic heterocycles. The molecular weight excluding hydrogens is 436 g/mol. The van der Waals surface area contributed by atoms with Gasteiger partial charge in [0.15, 0.2) is 10.9 Å². The lowest BCUT2D eigenvalue weighted by molar-refractivity contribution is -0.145. The Labute approximate surface area is 198 Å². The van der Waals surface area contributed by atoms with Crippen molar-refractivity contribution in [3.8, 4) is 0 Å². The lowest BCUT2D eigenvalue weighted by Crippen LogP contribution is -2.24. The van der Waals surface area contributed by atoms with Crippen LogP contribution in [0.4, 0.5) is 10.8 Å². The third-order valence-corrected chi connectivity index (χ3v) is 6.09. The molecule has 1 amide bonds. The fourth-order valence-electron chi connectivity index (χ4n) is 3.70. The quantitative estimate of drug-likeness (QED) is 0.313. The average molecular weight is 465 g/mol. The number of carbonyl (C=O) groups is 3. The van der Waals surface area contributed by atoms with E-state index in [-0.39, 0.29) is 31.1 Å². The van der Waals surface area contributed by atoms with Crippen molar-refractivity contribution in [1.82, 2.24) is 4.98 Å². The molecular formula is C26H28N2O4S. The molecule has 1 heterocycles. The van der Waals surface area contributed by atoms with Gasteiger partial charge in [-0.1, -0.05) is 47.5 Å². The number of ketones is 1. The highest BCUT2D eigenvalue weighted by molar-refractivity contribution is 7.14. The molecule has 0 aliphatic heterocycles.